The fourth-order valence-corrected chi connectivity index (χ4v) is 3.01. The van der Waals surface area contributed by atoms with Gasteiger partial charge in [0.05, 0.1) is 11.2 Å². The Morgan fingerprint density at radius 1 is 1.29 bits per heavy atom. The monoisotopic (exact) mass is 341 g/mol. The highest BCUT2D eigenvalue weighted by atomic mass is 32.1. The van der Waals surface area contributed by atoms with Gasteiger partial charge in [0, 0.05) is 24.2 Å². The molecule has 1 N–H and O–H groups in total. The Morgan fingerprint density at radius 2 is 2.17 bits per heavy atom. The van der Waals surface area contributed by atoms with Crippen molar-refractivity contribution in [2.24, 2.45) is 0 Å². The lowest BCUT2D eigenvalue weighted by atomic mass is 10.2. The summed E-state index contributed by atoms with van der Waals surface area (Å²) < 4.78 is 5.34. The molecule has 0 aliphatic carbocycles. The third-order valence-corrected chi connectivity index (χ3v) is 4.15. The van der Waals surface area contributed by atoms with Crippen molar-refractivity contribution in [1.82, 2.24) is 9.88 Å². The molecule has 0 fully saturated rings. The minimum absolute atomic E-state index is 0.240. The molecule has 6 heteroatoms. The molecule has 0 bridgehead atoms. The van der Waals surface area contributed by atoms with Crippen molar-refractivity contribution in [1.29, 1.82) is 0 Å². The number of hydrogen-bond donors (Lipinski definition) is 1. The lowest BCUT2D eigenvalue weighted by molar-refractivity contribution is 0.0995. The highest BCUT2D eigenvalue weighted by molar-refractivity contribution is 7.07. The normalized spacial score (nSPS) is 11.0. The number of benzene rings is 1. The highest BCUT2D eigenvalue weighted by Crippen LogP contribution is 2.15. The molecular formula is C18H19N3O2S. The maximum Gasteiger partial charge on any atom is 0.291 e. The molecule has 0 spiro atoms. The molecule has 1 amide bonds. The topological polar surface area (TPSA) is 58.4 Å². The first-order valence-corrected chi connectivity index (χ1v) is 8.57. The summed E-state index contributed by atoms with van der Waals surface area (Å²) in [6.45, 7) is 3.39. The SMILES string of the molecule is Cc1ccc(C(=O)Nc2cccc(CN(C)Cc3cscn3)c2)o1. The molecule has 2 heterocycles. The number of carbonyl (C=O) groups excluding carboxylic acids is 1. The van der Waals surface area contributed by atoms with Gasteiger partial charge in [-0.1, -0.05) is 12.1 Å². The number of anilines is 1. The molecule has 3 rings (SSSR count). The van der Waals surface area contributed by atoms with Gasteiger partial charge in [-0.25, -0.2) is 4.98 Å². The zero-order valence-electron chi connectivity index (χ0n) is 13.7. The van der Waals surface area contributed by atoms with Crippen molar-refractivity contribution < 1.29 is 9.21 Å². The summed E-state index contributed by atoms with van der Waals surface area (Å²) in [5.74, 6) is 0.798. The lowest BCUT2D eigenvalue weighted by Gasteiger charge is -2.16. The molecule has 0 saturated carbocycles. The van der Waals surface area contributed by atoms with Crippen LogP contribution in [-0.2, 0) is 13.1 Å². The van der Waals surface area contributed by atoms with Crippen LogP contribution < -0.4 is 5.32 Å². The van der Waals surface area contributed by atoms with Gasteiger partial charge in [0.2, 0.25) is 0 Å². The van der Waals surface area contributed by atoms with Gasteiger partial charge in [-0.15, -0.1) is 11.3 Å². The minimum atomic E-state index is -0.240. The number of nitrogens with one attached hydrogen (secondary N) is 1. The van der Waals surface area contributed by atoms with E-state index < -0.39 is 0 Å². The standard InChI is InChI=1S/C18H19N3O2S/c1-13-6-7-17(23-13)18(22)20-15-5-3-4-14(8-15)9-21(2)10-16-11-24-12-19-16/h3-8,11-12H,9-10H2,1-2H3,(H,20,22). The average molecular weight is 341 g/mol. The van der Waals surface area contributed by atoms with Crippen molar-refractivity contribution in [2.75, 3.05) is 12.4 Å². The average Bonchev–Trinajstić information content (AvgIpc) is 3.19. The first kappa shape index (κ1) is 16.4. The molecular weight excluding hydrogens is 322 g/mol. The van der Waals surface area contributed by atoms with Crippen molar-refractivity contribution in [3.05, 3.63) is 70.1 Å². The number of nitrogens with zero attached hydrogens (tertiary/aromatic N) is 2. The van der Waals surface area contributed by atoms with Crippen LogP contribution in [0.25, 0.3) is 0 Å². The summed E-state index contributed by atoms with van der Waals surface area (Å²) in [6.07, 6.45) is 0. The van der Waals surface area contributed by atoms with Crippen molar-refractivity contribution in [3.63, 3.8) is 0 Å². The fraction of sp³-hybridized carbons (Fsp3) is 0.222. The van der Waals surface area contributed by atoms with Crippen molar-refractivity contribution in [2.45, 2.75) is 20.0 Å². The van der Waals surface area contributed by atoms with E-state index in [1.54, 1.807) is 23.5 Å². The quantitative estimate of drug-likeness (QED) is 0.738. The molecule has 0 atom stereocenters. The number of hydrogen-bond acceptors (Lipinski definition) is 5. The number of rotatable bonds is 6. The van der Waals surface area contributed by atoms with Crippen molar-refractivity contribution in [3.8, 4) is 0 Å². The molecule has 2 aromatic heterocycles. The third-order valence-electron chi connectivity index (χ3n) is 3.52. The largest absolute Gasteiger partial charge is 0.456 e. The van der Waals surface area contributed by atoms with Gasteiger partial charge in [-0.2, -0.15) is 0 Å². The summed E-state index contributed by atoms with van der Waals surface area (Å²) in [7, 11) is 2.05. The second-order valence-electron chi connectivity index (χ2n) is 5.72. The molecule has 3 aromatic rings. The van der Waals surface area contributed by atoms with Gasteiger partial charge in [0.25, 0.3) is 5.91 Å². The van der Waals surface area contributed by atoms with E-state index >= 15 is 0 Å². The number of amides is 1. The first-order valence-electron chi connectivity index (χ1n) is 7.62. The van der Waals surface area contributed by atoms with Gasteiger partial charge in [0.15, 0.2) is 5.76 Å². The van der Waals surface area contributed by atoms with E-state index in [0.29, 0.717) is 5.76 Å². The minimum Gasteiger partial charge on any atom is -0.456 e. The van der Waals surface area contributed by atoms with Crippen LogP contribution in [0.3, 0.4) is 0 Å². The number of aromatic nitrogens is 1. The van der Waals surface area contributed by atoms with Crippen LogP contribution in [-0.4, -0.2) is 22.8 Å². The summed E-state index contributed by atoms with van der Waals surface area (Å²) in [4.78, 5) is 18.6. The third kappa shape index (κ3) is 4.31. The van der Waals surface area contributed by atoms with Crippen LogP contribution in [0.4, 0.5) is 5.69 Å². The first-order chi connectivity index (χ1) is 11.6. The van der Waals surface area contributed by atoms with Crippen LogP contribution in [0.2, 0.25) is 0 Å². The van der Waals surface area contributed by atoms with Crippen molar-refractivity contribution >= 4 is 22.9 Å². The van der Waals surface area contributed by atoms with Crippen LogP contribution in [0.5, 0.6) is 0 Å². The summed E-state index contributed by atoms with van der Waals surface area (Å²) in [6, 6.07) is 11.3. The van der Waals surface area contributed by atoms with Crippen LogP contribution in [0.15, 0.2) is 51.7 Å². The Bertz CT molecular complexity index is 811. The molecule has 124 valence electrons. The zero-order valence-corrected chi connectivity index (χ0v) is 14.5. The predicted octanol–water partition coefficient (Wildman–Crippen LogP) is 3.93. The predicted molar refractivity (Wildman–Crippen MR) is 95.1 cm³/mol. The number of furan rings is 1. The molecule has 0 aliphatic heterocycles. The Kier molecular flexibility index (Phi) is 5.08. The summed E-state index contributed by atoms with van der Waals surface area (Å²) in [5, 5.41) is 4.92. The second kappa shape index (κ2) is 7.42. The van der Waals surface area contributed by atoms with E-state index in [4.69, 9.17) is 4.42 Å². The maximum absolute atomic E-state index is 12.2. The Balaban J connectivity index is 1.62. The number of thiazole rings is 1. The molecule has 1 aromatic carbocycles. The number of aryl methyl sites for hydroxylation is 1. The van der Waals surface area contributed by atoms with E-state index in [1.165, 1.54) is 0 Å². The van der Waals surface area contributed by atoms with Crippen LogP contribution >= 0.6 is 11.3 Å². The molecule has 0 saturated heterocycles. The molecule has 0 radical (unpaired) electrons. The highest BCUT2D eigenvalue weighted by Gasteiger charge is 2.11. The van der Waals surface area contributed by atoms with Gasteiger partial charge in [-0.3, -0.25) is 9.69 Å². The van der Waals surface area contributed by atoms with E-state index in [-0.39, 0.29) is 5.91 Å². The molecule has 0 unspecified atom stereocenters. The fourth-order valence-electron chi connectivity index (χ4n) is 2.46. The zero-order chi connectivity index (χ0) is 16.9. The van der Waals surface area contributed by atoms with Gasteiger partial charge < -0.3 is 9.73 Å². The molecule has 0 aliphatic rings. The summed E-state index contributed by atoms with van der Waals surface area (Å²) >= 11 is 1.60. The van der Waals surface area contributed by atoms with Gasteiger partial charge in [0.1, 0.15) is 5.76 Å². The van der Waals surface area contributed by atoms with E-state index in [1.807, 2.05) is 36.7 Å². The maximum atomic E-state index is 12.2. The Labute approximate surface area is 144 Å². The Hall–Kier alpha value is -2.44. The second-order valence-corrected chi connectivity index (χ2v) is 6.44. The number of carbonyl (C=O) groups is 1. The van der Waals surface area contributed by atoms with E-state index in [9.17, 15) is 4.79 Å². The smallest absolute Gasteiger partial charge is 0.291 e. The Morgan fingerprint density at radius 3 is 2.88 bits per heavy atom. The van der Waals surface area contributed by atoms with Crippen LogP contribution in [0.1, 0.15) is 27.6 Å². The molecule has 5 nitrogen and oxygen atoms in total. The van der Waals surface area contributed by atoms with Gasteiger partial charge in [-0.05, 0) is 43.8 Å². The van der Waals surface area contributed by atoms with Crippen LogP contribution in [0, 0.1) is 6.92 Å². The summed E-state index contributed by atoms with van der Waals surface area (Å²) in [5.41, 5.74) is 4.80. The van der Waals surface area contributed by atoms with Gasteiger partial charge >= 0.3 is 0 Å². The molecule has 24 heavy (non-hydrogen) atoms. The van der Waals surface area contributed by atoms with E-state index in [2.05, 4.69) is 27.6 Å². The lowest BCUT2D eigenvalue weighted by Crippen LogP contribution is -2.17. The van der Waals surface area contributed by atoms with E-state index in [0.717, 1.165) is 35.8 Å².